The molecule has 0 aliphatic carbocycles. The SMILES string of the molecule is O=PNc1[nH+]cco1. The minimum Gasteiger partial charge on any atom is -0.396 e. The highest BCUT2D eigenvalue weighted by atomic mass is 31.1. The molecule has 1 aromatic heterocycles. The summed E-state index contributed by atoms with van der Waals surface area (Å²) in [6, 6.07) is 0.390. The molecule has 0 atom stereocenters. The van der Waals surface area contributed by atoms with Gasteiger partial charge in [-0.1, -0.05) is 0 Å². The lowest BCUT2D eigenvalue weighted by molar-refractivity contribution is -0.363. The Bertz CT molecular complexity index is 162. The zero-order valence-corrected chi connectivity index (χ0v) is 4.81. The highest BCUT2D eigenvalue weighted by molar-refractivity contribution is 7.25. The van der Waals surface area contributed by atoms with Gasteiger partial charge in [0.25, 0.3) is 0 Å². The van der Waals surface area contributed by atoms with Crippen LogP contribution < -0.4 is 10.1 Å². The van der Waals surface area contributed by atoms with Gasteiger partial charge in [0.2, 0.25) is 0 Å². The van der Waals surface area contributed by atoms with Crippen LogP contribution in [0.5, 0.6) is 0 Å². The summed E-state index contributed by atoms with van der Waals surface area (Å²) < 4.78 is 14.5. The third-order valence-electron chi connectivity index (χ3n) is 0.616. The van der Waals surface area contributed by atoms with Crippen molar-refractivity contribution in [2.75, 3.05) is 5.09 Å². The number of oxazole rings is 1. The zero-order chi connectivity index (χ0) is 5.82. The maximum atomic E-state index is 9.78. The molecule has 2 N–H and O–H groups in total. The molecule has 0 aromatic carbocycles. The molecule has 1 heterocycles. The first kappa shape index (κ1) is 5.25. The predicted molar refractivity (Wildman–Crippen MR) is 26.5 cm³/mol. The van der Waals surface area contributed by atoms with Gasteiger partial charge in [-0.05, 0) is 0 Å². The molecule has 0 radical (unpaired) electrons. The van der Waals surface area contributed by atoms with Crippen LogP contribution in [0.2, 0.25) is 0 Å². The molecule has 4 nitrogen and oxygen atoms in total. The van der Waals surface area contributed by atoms with Crippen molar-refractivity contribution in [3.8, 4) is 0 Å². The third kappa shape index (κ3) is 1.04. The van der Waals surface area contributed by atoms with E-state index < -0.39 is 0 Å². The Hall–Kier alpha value is -0.890. The number of hydrogen-bond acceptors (Lipinski definition) is 2. The second-order valence-electron chi connectivity index (χ2n) is 1.10. The summed E-state index contributed by atoms with van der Waals surface area (Å²) >= 11 is 0. The minimum absolute atomic E-state index is 0.169. The highest BCUT2D eigenvalue weighted by Gasteiger charge is 1.99. The molecular formula is C3H4N2O2P+. The number of rotatable bonds is 2. The summed E-state index contributed by atoms with van der Waals surface area (Å²) in [5.74, 6) is 0. The lowest BCUT2D eigenvalue weighted by Crippen LogP contribution is -1.99. The Morgan fingerprint density at radius 2 is 2.75 bits per heavy atom. The topological polar surface area (TPSA) is 56.4 Å². The Balaban J connectivity index is 2.62. The second kappa shape index (κ2) is 2.43. The van der Waals surface area contributed by atoms with Crippen molar-refractivity contribution in [2.45, 2.75) is 0 Å². The fraction of sp³-hybridized carbons (Fsp3) is 0. The maximum absolute atomic E-state index is 9.78. The van der Waals surface area contributed by atoms with Gasteiger partial charge in [-0.25, -0.2) is 9.55 Å². The summed E-state index contributed by atoms with van der Waals surface area (Å²) in [6.07, 6.45) is 3.04. The van der Waals surface area contributed by atoms with Gasteiger partial charge in [-0.2, -0.15) is 5.09 Å². The Morgan fingerprint density at radius 1 is 1.88 bits per heavy atom. The molecule has 0 aliphatic heterocycles. The number of anilines is 1. The monoisotopic (exact) mass is 131 g/mol. The second-order valence-corrected chi connectivity index (χ2v) is 1.50. The zero-order valence-electron chi connectivity index (χ0n) is 3.92. The lowest BCUT2D eigenvalue weighted by atomic mass is 11.0. The summed E-state index contributed by atoms with van der Waals surface area (Å²) in [4.78, 5) is 2.65. The molecule has 0 saturated carbocycles. The lowest BCUT2D eigenvalue weighted by Gasteiger charge is -1.71. The van der Waals surface area contributed by atoms with Crippen molar-refractivity contribution in [2.24, 2.45) is 0 Å². The van der Waals surface area contributed by atoms with Gasteiger partial charge < -0.3 is 4.42 Å². The third-order valence-corrected chi connectivity index (χ3v) is 0.910. The van der Waals surface area contributed by atoms with Crippen LogP contribution in [0.25, 0.3) is 0 Å². The molecular weight excluding hydrogens is 127 g/mol. The molecule has 42 valence electrons. The van der Waals surface area contributed by atoms with Crippen molar-refractivity contribution in [1.29, 1.82) is 0 Å². The van der Waals surface area contributed by atoms with Gasteiger partial charge in [-0.15, -0.1) is 0 Å². The fourth-order valence-electron chi connectivity index (χ4n) is 0.346. The first-order valence-corrected chi connectivity index (χ1v) is 2.78. The van der Waals surface area contributed by atoms with Gasteiger partial charge >= 0.3 is 14.6 Å². The van der Waals surface area contributed by atoms with E-state index >= 15 is 0 Å². The largest absolute Gasteiger partial charge is 0.461 e. The van der Waals surface area contributed by atoms with Crippen molar-refractivity contribution in [3.63, 3.8) is 0 Å². The molecule has 5 heteroatoms. The van der Waals surface area contributed by atoms with Crippen molar-refractivity contribution < 1.29 is 14.0 Å². The molecule has 0 amide bonds. The minimum atomic E-state index is -0.169. The van der Waals surface area contributed by atoms with Crippen LogP contribution in [-0.2, 0) is 4.57 Å². The number of aromatic amines is 1. The van der Waals surface area contributed by atoms with E-state index in [4.69, 9.17) is 4.42 Å². The van der Waals surface area contributed by atoms with Crippen molar-refractivity contribution in [3.05, 3.63) is 12.5 Å². The molecule has 0 fully saturated rings. The first-order valence-electron chi connectivity index (χ1n) is 1.97. The highest BCUT2D eigenvalue weighted by Crippen LogP contribution is 2.00. The van der Waals surface area contributed by atoms with Crippen LogP contribution >= 0.6 is 8.61 Å². The van der Waals surface area contributed by atoms with Gasteiger partial charge in [-0.3, -0.25) is 0 Å². The van der Waals surface area contributed by atoms with Crippen molar-refractivity contribution in [1.82, 2.24) is 0 Å². The number of H-pyrrole nitrogens is 1. The van der Waals surface area contributed by atoms with Gasteiger partial charge in [0.05, 0.1) is 0 Å². The summed E-state index contributed by atoms with van der Waals surface area (Å²) in [5.41, 5.74) is 0. The maximum Gasteiger partial charge on any atom is 0.461 e. The van der Waals surface area contributed by atoms with Gasteiger partial charge in [0.1, 0.15) is 12.5 Å². The fourth-order valence-corrected chi connectivity index (χ4v) is 0.546. The van der Waals surface area contributed by atoms with E-state index in [-0.39, 0.29) is 8.61 Å². The first-order chi connectivity index (χ1) is 3.93. The van der Waals surface area contributed by atoms with Gasteiger partial charge in [0, 0.05) is 0 Å². The molecule has 0 bridgehead atoms. The van der Waals surface area contributed by atoms with E-state index in [2.05, 4.69) is 10.1 Å². The van der Waals surface area contributed by atoms with Crippen LogP contribution in [0.3, 0.4) is 0 Å². The average molecular weight is 131 g/mol. The van der Waals surface area contributed by atoms with Crippen LogP contribution in [0.4, 0.5) is 6.01 Å². The number of aromatic nitrogens is 1. The molecule has 1 aromatic rings. The quantitative estimate of drug-likeness (QED) is 0.601. The van der Waals surface area contributed by atoms with E-state index in [1.807, 2.05) is 0 Å². The van der Waals surface area contributed by atoms with E-state index in [0.717, 1.165) is 0 Å². The Labute approximate surface area is 47.2 Å². The normalized spacial score (nSPS) is 9.50. The van der Waals surface area contributed by atoms with E-state index in [9.17, 15) is 4.57 Å². The molecule has 0 aliphatic rings. The van der Waals surface area contributed by atoms with E-state index in [1.54, 1.807) is 6.20 Å². The smallest absolute Gasteiger partial charge is 0.396 e. The molecule has 0 saturated heterocycles. The van der Waals surface area contributed by atoms with Crippen molar-refractivity contribution >= 4 is 14.6 Å². The van der Waals surface area contributed by atoms with E-state index in [1.165, 1.54) is 6.26 Å². The molecule has 8 heavy (non-hydrogen) atoms. The predicted octanol–water partition coefficient (Wildman–Crippen LogP) is 0.712. The summed E-state index contributed by atoms with van der Waals surface area (Å²) in [5, 5.41) is 2.38. The molecule has 0 spiro atoms. The van der Waals surface area contributed by atoms with E-state index in [0.29, 0.717) is 6.01 Å². The Morgan fingerprint density at radius 3 is 3.25 bits per heavy atom. The number of nitrogens with one attached hydrogen (secondary N) is 2. The molecule has 0 unspecified atom stereocenters. The standard InChI is InChI=1S/C3H3N2O2P/c6-8-5-3-4-1-2-7-3/h1-2H,(H,4,5,6)/p+1. The average Bonchev–Trinajstić information content (AvgIpc) is 2.19. The van der Waals surface area contributed by atoms with Crippen LogP contribution in [-0.4, -0.2) is 0 Å². The molecule has 1 rings (SSSR count). The number of hydrogen-bond donors (Lipinski definition) is 1. The van der Waals surface area contributed by atoms with Crippen LogP contribution in [0.15, 0.2) is 16.9 Å². The van der Waals surface area contributed by atoms with Crippen LogP contribution in [0, 0.1) is 0 Å². The van der Waals surface area contributed by atoms with Crippen LogP contribution in [0.1, 0.15) is 0 Å². The Kier molecular flexibility index (Phi) is 1.59. The summed E-state index contributed by atoms with van der Waals surface area (Å²) in [7, 11) is -0.169. The van der Waals surface area contributed by atoms with Gasteiger partial charge in [0.15, 0.2) is 0 Å². The summed E-state index contributed by atoms with van der Waals surface area (Å²) in [6.45, 7) is 0.